The normalized spacial score (nSPS) is 15.9. The molecule has 0 spiro atoms. The number of H-pyrrole nitrogens is 1. The van der Waals surface area contributed by atoms with Gasteiger partial charge in [-0.25, -0.2) is 9.67 Å². The Morgan fingerprint density at radius 1 is 1.13 bits per heavy atom. The van der Waals surface area contributed by atoms with Crippen molar-refractivity contribution in [2.45, 2.75) is 73.3 Å². The lowest BCUT2D eigenvalue weighted by Gasteiger charge is -2.32. The van der Waals surface area contributed by atoms with Crippen molar-refractivity contribution in [1.29, 1.82) is 0 Å². The molecule has 5 nitrogen and oxygen atoms in total. The Hall–Kier alpha value is -3.31. The van der Waals surface area contributed by atoms with E-state index >= 15 is 0 Å². The third kappa shape index (κ3) is 5.05. The zero-order valence-electron chi connectivity index (χ0n) is 23.9. The number of aryl methyl sites for hydroxylation is 2. The van der Waals surface area contributed by atoms with Crippen LogP contribution in [0.4, 0.5) is 0 Å². The molecule has 39 heavy (non-hydrogen) atoms. The molecule has 6 heteroatoms. The topological polar surface area (TPSA) is 49.2 Å². The molecule has 0 amide bonds. The summed E-state index contributed by atoms with van der Waals surface area (Å²) in [6.07, 6.45) is 10.8. The smallest absolute Gasteiger partial charge is 0.105 e. The van der Waals surface area contributed by atoms with Crippen LogP contribution in [0.5, 0.6) is 0 Å². The Morgan fingerprint density at radius 2 is 1.87 bits per heavy atom. The molecule has 204 valence electrons. The second-order valence-electron chi connectivity index (χ2n) is 10.8. The van der Waals surface area contributed by atoms with Gasteiger partial charge in [-0.1, -0.05) is 70.1 Å². The minimum Gasteiger partial charge on any atom is -0.360 e. The number of benzene rings is 1. The van der Waals surface area contributed by atoms with Crippen molar-refractivity contribution in [3.8, 4) is 5.69 Å². The molecule has 0 radical (unpaired) electrons. The average molecular weight is 542 g/mol. The van der Waals surface area contributed by atoms with Crippen molar-refractivity contribution in [2.75, 3.05) is 6.54 Å². The number of para-hydroxylation sites is 1. The summed E-state index contributed by atoms with van der Waals surface area (Å²) in [6, 6.07) is 8.68. The van der Waals surface area contributed by atoms with Gasteiger partial charge in [0.05, 0.1) is 27.8 Å². The molecule has 0 aliphatic carbocycles. The number of amidine groups is 1. The van der Waals surface area contributed by atoms with Crippen molar-refractivity contribution < 1.29 is 0 Å². The summed E-state index contributed by atoms with van der Waals surface area (Å²) in [5.74, 6) is 1.72. The number of fused-ring (bicyclic) bond motifs is 1. The van der Waals surface area contributed by atoms with Gasteiger partial charge in [-0.2, -0.15) is 5.10 Å². The fourth-order valence-corrected chi connectivity index (χ4v) is 6.02. The standard InChI is InChI=1S/C33H40ClN5/c1-7-23-11-10-12-24(8-2)33(23)39-32(22(6)26-15-17-35-31(26)28(34)9-3)27-20-38(18-16-29(27)37-39)30-14-13-25(19-36-30)21(4)5/h9-12,15,17,19,21,35H,6-8,13-14,16,18,20H2,1-5H3/b28-9+. The number of allylic oxidation sites excluding steroid dienone is 2. The van der Waals surface area contributed by atoms with E-state index in [2.05, 4.69) is 79.3 Å². The second-order valence-corrected chi connectivity index (χ2v) is 11.2. The van der Waals surface area contributed by atoms with Crippen LogP contribution in [0.15, 0.2) is 59.9 Å². The second kappa shape index (κ2) is 11.4. The van der Waals surface area contributed by atoms with Gasteiger partial charge < -0.3 is 9.88 Å². The molecule has 2 aliphatic rings. The largest absolute Gasteiger partial charge is 0.360 e. The zero-order valence-corrected chi connectivity index (χ0v) is 24.7. The maximum absolute atomic E-state index is 6.63. The minimum atomic E-state index is 0.544. The van der Waals surface area contributed by atoms with E-state index in [0.717, 1.165) is 73.4 Å². The number of hydrogen-bond acceptors (Lipinski definition) is 3. The summed E-state index contributed by atoms with van der Waals surface area (Å²) in [6.45, 7) is 17.3. The van der Waals surface area contributed by atoms with E-state index in [1.54, 1.807) is 0 Å². The van der Waals surface area contributed by atoms with Crippen LogP contribution in [0.3, 0.4) is 0 Å². The number of rotatable bonds is 7. The van der Waals surface area contributed by atoms with Crippen LogP contribution in [-0.2, 0) is 25.8 Å². The van der Waals surface area contributed by atoms with Crippen LogP contribution in [0.1, 0.15) is 86.8 Å². The van der Waals surface area contributed by atoms with Crippen LogP contribution < -0.4 is 0 Å². The van der Waals surface area contributed by atoms with Gasteiger partial charge in [-0.15, -0.1) is 0 Å². The molecule has 2 aliphatic heterocycles. The van der Waals surface area contributed by atoms with Crippen molar-refractivity contribution in [3.63, 3.8) is 0 Å². The highest BCUT2D eigenvalue weighted by Gasteiger charge is 2.31. The number of nitrogens with one attached hydrogen (secondary N) is 1. The molecule has 0 fully saturated rings. The van der Waals surface area contributed by atoms with Gasteiger partial charge in [0.1, 0.15) is 5.84 Å². The zero-order chi connectivity index (χ0) is 27.7. The highest BCUT2D eigenvalue weighted by Crippen LogP contribution is 2.38. The van der Waals surface area contributed by atoms with Crippen molar-refractivity contribution in [3.05, 3.63) is 94.2 Å². The number of halogens is 1. The molecule has 0 bridgehead atoms. The van der Waals surface area contributed by atoms with E-state index in [1.165, 1.54) is 33.8 Å². The summed E-state index contributed by atoms with van der Waals surface area (Å²) < 4.78 is 2.19. The molecule has 0 atom stereocenters. The first-order chi connectivity index (χ1) is 18.9. The molecule has 0 unspecified atom stereocenters. The molecule has 3 aromatic rings. The van der Waals surface area contributed by atoms with E-state index < -0.39 is 0 Å². The summed E-state index contributed by atoms with van der Waals surface area (Å²) in [7, 11) is 0. The van der Waals surface area contributed by atoms with E-state index in [-0.39, 0.29) is 0 Å². The van der Waals surface area contributed by atoms with Crippen molar-refractivity contribution in [1.82, 2.24) is 19.7 Å². The number of nitrogens with zero attached hydrogens (tertiary/aromatic N) is 4. The van der Waals surface area contributed by atoms with Gasteiger partial charge in [0.25, 0.3) is 0 Å². The molecule has 4 heterocycles. The Kier molecular flexibility index (Phi) is 7.99. The van der Waals surface area contributed by atoms with Crippen LogP contribution in [0, 0.1) is 5.92 Å². The fourth-order valence-electron chi connectivity index (χ4n) is 5.86. The first-order valence-corrected chi connectivity index (χ1v) is 14.7. The Morgan fingerprint density at radius 3 is 2.49 bits per heavy atom. The van der Waals surface area contributed by atoms with Crippen molar-refractivity contribution >= 4 is 28.0 Å². The summed E-state index contributed by atoms with van der Waals surface area (Å²) >= 11 is 6.63. The quantitative estimate of drug-likeness (QED) is 0.328. The van der Waals surface area contributed by atoms with Gasteiger partial charge in [0, 0.05) is 55.0 Å². The highest BCUT2D eigenvalue weighted by atomic mass is 35.5. The van der Waals surface area contributed by atoms with E-state index in [4.69, 9.17) is 21.7 Å². The maximum Gasteiger partial charge on any atom is 0.105 e. The van der Waals surface area contributed by atoms with Gasteiger partial charge >= 0.3 is 0 Å². The van der Waals surface area contributed by atoms with Crippen LogP contribution in [0.2, 0.25) is 0 Å². The van der Waals surface area contributed by atoms with Gasteiger partial charge in [-0.3, -0.25) is 0 Å². The number of hydrogen-bond donors (Lipinski definition) is 1. The maximum atomic E-state index is 6.63. The summed E-state index contributed by atoms with van der Waals surface area (Å²) in [5.41, 5.74) is 11.5. The van der Waals surface area contributed by atoms with Crippen LogP contribution in [-0.4, -0.2) is 32.0 Å². The lowest BCUT2D eigenvalue weighted by Crippen LogP contribution is -2.36. The lowest BCUT2D eigenvalue weighted by molar-refractivity contribution is 0.381. The number of aromatic amines is 1. The molecule has 1 N–H and O–H groups in total. The predicted molar refractivity (Wildman–Crippen MR) is 164 cm³/mol. The molecule has 1 aromatic carbocycles. The van der Waals surface area contributed by atoms with E-state index in [1.807, 2.05) is 19.2 Å². The highest BCUT2D eigenvalue weighted by molar-refractivity contribution is 6.48. The first kappa shape index (κ1) is 27.3. The molecular weight excluding hydrogens is 502 g/mol. The molecule has 0 saturated heterocycles. The Bertz CT molecular complexity index is 1460. The van der Waals surface area contributed by atoms with Gasteiger partial charge in [0.15, 0.2) is 0 Å². The monoisotopic (exact) mass is 541 g/mol. The van der Waals surface area contributed by atoms with E-state index in [0.29, 0.717) is 11.0 Å². The fraction of sp³-hybridized carbons (Fsp3) is 0.394. The number of aromatic nitrogens is 3. The Balaban J connectivity index is 1.66. The minimum absolute atomic E-state index is 0.544. The SMILES string of the molecule is C=C(c1cc[nH]c1/C(Cl)=C\C)c1c2c(nn1-c1c(CC)cccc1CC)CCN(C1=NC=C(C(C)C)CC1)C2. The average Bonchev–Trinajstić information content (AvgIpc) is 3.61. The Labute approximate surface area is 238 Å². The van der Waals surface area contributed by atoms with Crippen LogP contribution >= 0.6 is 11.6 Å². The lowest BCUT2D eigenvalue weighted by atomic mass is 9.94. The van der Waals surface area contributed by atoms with Crippen molar-refractivity contribution in [2.24, 2.45) is 10.9 Å². The molecular formula is C33H40ClN5. The molecule has 5 rings (SSSR count). The summed E-state index contributed by atoms with van der Waals surface area (Å²) in [4.78, 5) is 10.7. The molecule has 2 aromatic heterocycles. The summed E-state index contributed by atoms with van der Waals surface area (Å²) in [5, 5.41) is 5.98. The van der Waals surface area contributed by atoms with Crippen LogP contribution in [0.25, 0.3) is 16.3 Å². The molecule has 0 saturated carbocycles. The number of aliphatic imine (C=N–C) groups is 1. The van der Waals surface area contributed by atoms with E-state index in [9.17, 15) is 0 Å². The first-order valence-electron chi connectivity index (χ1n) is 14.3. The third-order valence-corrected chi connectivity index (χ3v) is 8.59. The predicted octanol–water partition coefficient (Wildman–Crippen LogP) is 8.08. The van der Waals surface area contributed by atoms with Gasteiger partial charge in [0.2, 0.25) is 0 Å². The van der Waals surface area contributed by atoms with Gasteiger partial charge in [-0.05, 0) is 54.9 Å². The third-order valence-electron chi connectivity index (χ3n) is 8.18.